The van der Waals surface area contributed by atoms with Crippen molar-refractivity contribution in [3.8, 4) is 0 Å². The molecular formula is C19H36NO2S+. The molecule has 3 aliphatic rings. The predicted octanol–water partition coefficient (Wildman–Crippen LogP) is 2.40. The van der Waals surface area contributed by atoms with Crippen molar-refractivity contribution in [3.05, 3.63) is 0 Å². The minimum atomic E-state index is 0.778. The molecule has 4 heteroatoms. The van der Waals surface area contributed by atoms with Crippen LogP contribution < -0.4 is 4.90 Å². The third-order valence-corrected chi connectivity index (χ3v) is 7.47. The number of rotatable bonds is 2. The van der Waals surface area contributed by atoms with Crippen LogP contribution in [0.2, 0.25) is 0 Å². The van der Waals surface area contributed by atoms with Crippen LogP contribution in [0, 0.1) is 11.8 Å². The van der Waals surface area contributed by atoms with E-state index in [1.54, 1.807) is 0 Å². The Morgan fingerprint density at radius 3 is 2.26 bits per heavy atom. The van der Waals surface area contributed by atoms with Crippen LogP contribution in [0.5, 0.6) is 0 Å². The molecule has 2 aliphatic heterocycles. The van der Waals surface area contributed by atoms with Crippen LogP contribution in [0.1, 0.15) is 51.4 Å². The van der Waals surface area contributed by atoms with Gasteiger partial charge in [-0.05, 0) is 25.0 Å². The first-order valence-electron chi connectivity index (χ1n) is 9.93. The zero-order valence-electron chi connectivity index (χ0n) is 14.9. The molecule has 2 heterocycles. The molecule has 1 N–H and O–H groups in total. The third kappa shape index (κ3) is 4.87. The topological polar surface area (TPSA) is 22.9 Å². The summed E-state index contributed by atoms with van der Waals surface area (Å²) >= 11 is 2.13. The van der Waals surface area contributed by atoms with Crippen LogP contribution in [0.3, 0.4) is 0 Å². The van der Waals surface area contributed by atoms with Gasteiger partial charge >= 0.3 is 0 Å². The van der Waals surface area contributed by atoms with E-state index in [1.807, 2.05) is 4.90 Å². The second-order valence-electron chi connectivity index (χ2n) is 7.73. The van der Waals surface area contributed by atoms with E-state index < -0.39 is 0 Å². The van der Waals surface area contributed by atoms with Gasteiger partial charge in [0, 0.05) is 12.5 Å². The SMILES string of the molecule is CS[C@@H]1CCCCCCCC[C@@H]2COC[C@@H]2[C@@H]1[NH+]1CCOCC1. The first-order valence-corrected chi connectivity index (χ1v) is 11.2. The van der Waals surface area contributed by atoms with Crippen LogP contribution in [0.25, 0.3) is 0 Å². The molecule has 0 bridgehead atoms. The molecule has 3 rings (SSSR count). The fourth-order valence-electron chi connectivity index (χ4n) is 5.02. The number of nitrogens with one attached hydrogen (secondary N) is 1. The number of hydrogen-bond donors (Lipinski definition) is 1. The summed E-state index contributed by atoms with van der Waals surface area (Å²) in [5.74, 6) is 1.59. The summed E-state index contributed by atoms with van der Waals surface area (Å²) < 4.78 is 11.7. The standard InChI is InChI=1S/C19H35NO2S/c1-23-18-9-7-5-3-2-4-6-8-16-14-22-15-17(16)19(18)20-10-12-21-13-11-20/h16-19H,2-15H2,1H3/p+1/t16-,17+,18-,19+/m1/s1. The Balaban J connectivity index is 1.76. The highest BCUT2D eigenvalue weighted by molar-refractivity contribution is 7.99. The van der Waals surface area contributed by atoms with Gasteiger partial charge in [-0.3, -0.25) is 0 Å². The number of morpholine rings is 1. The van der Waals surface area contributed by atoms with Crippen LogP contribution in [0.15, 0.2) is 0 Å². The molecule has 0 aromatic carbocycles. The second-order valence-corrected chi connectivity index (χ2v) is 8.81. The molecule has 3 fully saturated rings. The van der Waals surface area contributed by atoms with Gasteiger partial charge in [-0.25, -0.2) is 0 Å². The van der Waals surface area contributed by atoms with Gasteiger partial charge in [-0.1, -0.05) is 38.5 Å². The molecule has 0 aromatic rings. The normalized spacial score (nSPS) is 38.5. The summed E-state index contributed by atoms with van der Waals surface area (Å²) in [6.07, 6.45) is 13.7. The van der Waals surface area contributed by atoms with E-state index in [0.717, 1.165) is 49.6 Å². The van der Waals surface area contributed by atoms with Gasteiger partial charge in [0.25, 0.3) is 0 Å². The Hall–Kier alpha value is 0.230. The van der Waals surface area contributed by atoms with E-state index in [0.29, 0.717) is 0 Å². The molecule has 0 amide bonds. The van der Waals surface area contributed by atoms with E-state index in [1.165, 1.54) is 64.5 Å². The van der Waals surface area contributed by atoms with Crippen molar-refractivity contribution < 1.29 is 14.4 Å². The van der Waals surface area contributed by atoms with E-state index in [-0.39, 0.29) is 0 Å². The van der Waals surface area contributed by atoms with Gasteiger partial charge in [-0.2, -0.15) is 11.8 Å². The second kappa shape index (κ2) is 9.65. The van der Waals surface area contributed by atoms with Crippen LogP contribution in [0.4, 0.5) is 0 Å². The average Bonchev–Trinajstić information content (AvgIpc) is 3.03. The molecule has 3 nitrogen and oxygen atoms in total. The number of ether oxygens (including phenoxy) is 2. The van der Waals surface area contributed by atoms with Crippen molar-refractivity contribution >= 4 is 11.8 Å². The van der Waals surface area contributed by atoms with Gasteiger partial charge < -0.3 is 14.4 Å². The highest BCUT2D eigenvalue weighted by Gasteiger charge is 2.44. The Morgan fingerprint density at radius 1 is 0.826 bits per heavy atom. The summed E-state index contributed by atoms with van der Waals surface area (Å²) in [5.41, 5.74) is 0. The van der Waals surface area contributed by atoms with Crippen molar-refractivity contribution in [1.29, 1.82) is 0 Å². The smallest absolute Gasteiger partial charge is 0.105 e. The molecule has 1 aliphatic carbocycles. The Bertz CT molecular complexity index is 335. The molecule has 0 radical (unpaired) electrons. The maximum atomic E-state index is 6.01. The van der Waals surface area contributed by atoms with Gasteiger partial charge in [-0.15, -0.1) is 0 Å². The van der Waals surface area contributed by atoms with Crippen molar-refractivity contribution in [1.82, 2.24) is 0 Å². The molecule has 134 valence electrons. The minimum Gasteiger partial charge on any atom is -0.381 e. The van der Waals surface area contributed by atoms with Crippen molar-refractivity contribution in [2.24, 2.45) is 11.8 Å². The number of fused-ring (bicyclic) bond motifs is 1. The lowest BCUT2D eigenvalue weighted by Gasteiger charge is -2.40. The molecule has 1 saturated carbocycles. The quantitative estimate of drug-likeness (QED) is 0.833. The van der Waals surface area contributed by atoms with Crippen LogP contribution >= 0.6 is 11.8 Å². The van der Waals surface area contributed by atoms with Crippen molar-refractivity contribution in [2.75, 3.05) is 45.8 Å². The van der Waals surface area contributed by atoms with E-state index in [4.69, 9.17) is 9.47 Å². The predicted molar refractivity (Wildman–Crippen MR) is 97.3 cm³/mol. The summed E-state index contributed by atoms with van der Waals surface area (Å²) in [7, 11) is 0. The van der Waals surface area contributed by atoms with Crippen LogP contribution in [-0.2, 0) is 9.47 Å². The van der Waals surface area contributed by atoms with E-state index in [2.05, 4.69) is 18.0 Å². The molecule has 0 spiro atoms. The summed E-state index contributed by atoms with van der Waals surface area (Å²) in [6.45, 7) is 6.33. The Morgan fingerprint density at radius 2 is 1.52 bits per heavy atom. The first kappa shape index (κ1) is 18.0. The van der Waals surface area contributed by atoms with Gasteiger partial charge in [0.15, 0.2) is 0 Å². The highest BCUT2D eigenvalue weighted by Crippen LogP contribution is 2.34. The third-order valence-electron chi connectivity index (χ3n) is 6.33. The molecule has 23 heavy (non-hydrogen) atoms. The van der Waals surface area contributed by atoms with Crippen LogP contribution in [-0.4, -0.2) is 57.1 Å². The monoisotopic (exact) mass is 342 g/mol. The molecule has 0 unspecified atom stereocenters. The van der Waals surface area contributed by atoms with Gasteiger partial charge in [0.2, 0.25) is 0 Å². The number of hydrogen-bond acceptors (Lipinski definition) is 3. The molecule has 0 aromatic heterocycles. The van der Waals surface area contributed by atoms with E-state index >= 15 is 0 Å². The van der Waals surface area contributed by atoms with Gasteiger partial charge in [0.1, 0.15) is 19.1 Å². The largest absolute Gasteiger partial charge is 0.381 e. The van der Waals surface area contributed by atoms with E-state index in [9.17, 15) is 0 Å². The molecular weight excluding hydrogens is 306 g/mol. The summed E-state index contributed by atoms with van der Waals surface area (Å²) in [6, 6.07) is 0.779. The first-order chi connectivity index (χ1) is 11.4. The Kier molecular flexibility index (Phi) is 7.56. The Labute approximate surface area is 146 Å². The lowest BCUT2D eigenvalue weighted by molar-refractivity contribution is -0.936. The number of thioether (sulfide) groups is 1. The average molecular weight is 343 g/mol. The summed E-state index contributed by atoms with van der Waals surface area (Å²) in [5, 5.41) is 0.803. The van der Waals surface area contributed by atoms with Gasteiger partial charge in [0.05, 0.1) is 25.1 Å². The zero-order valence-corrected chi connectivity index (χ0v) is 15.8. The molecule has 4 atom stereocenters. The zero-order chi connectivity index (χ0) is 15.9. The maximum absolute atomic E-state index is 6.01. The number of quaternary nitrogens is 1. The lowest BCUT2D eigenvalue weighted by Crippen LogP contribution is -3.19. The minimum absolute atomic E-state index is 0.778. The molecule has 2 saturated heterocycles. The highest BCUT2D eigenvalue weighted by atomic mass is 32.2. The maximum Gasteiger partial charge on any atom is 0.105 e. The lowest BCUT2D eigenvalue weighted by atomic mass is 9.81. The van der Waals surface area contributed by atoms with Crippen molar-refractivity contribution in [3.63, 3.8) is 0 Å². The summed E-state index contributed by atoms with van der Waals surface area (Å²) in [4.78, 5) is 1.81. The fraction of sp³-hybridized carbons (Fsp3) is 1.00. The van der Waals surface area contributed by atoms with Crippen molar-refractivity contribution in [2.45, 2.75) is 62.7 Å². The fourth-order valence-corrected chi connectivity index (χ4v) is 6.11.